The van der Waals surface area contributed by atoms with Crippen molar-refractivity contribution in [2.75, 3.05) is 0 Å². The molecule has 6 heteroatoms. The Morgan fingerprint density at radius 3 is 2.75 bits per heavy atom. The molecular weight excluding hydrogens is 260 g/mol. The molecule has 102 valence electrons. The molecule has 1 aromatic rings. The van der Waals surface area contributed by atoms with Gasteiger partial charge in [-0.3, -0.25) is 24.5 Å². The second kappa shape index (κ2) is 4.56. The molecule has 2 heterocycles. The van der Waals surface area contributed by atoms with Crippen molar-refractivity contribution in [3.05, 3.63) is 34.9 Å². The Kier molecular flexibility index (Phi) is 2.85. The van der Waals surface area contributed by atoms with E-state index in [1.54, 1.807) is 12.1 Å². The number of carbonyl (C=O) groups is 4. The van der Waals surface area contributed by atoms with E-state index in [1.807, 2.05) is 0 Å². The third-order valence-corrected chi connectivity index (χ3v) is 3.69. The average Bonchev–Trinajstić information content (AvgIpc) is 2.76. The predicted molar refractivity (Wildman–Crippen MR) is 67.9 cm³/mol. The van der Waals surface area contributed by atoms with Crippen molar-refractivity contribution in [3.63, 3.8) is 0 Å². The van der Waals surface area contributed by atoms with Gasteiger partial charge in [-0.25, -0.2) is 0 Å². The smallest absolute Gasteiger partial charge is 0.255 e. The second-order valence-corrected chi connectivity index (χ2v) is 4.93. The summed E-state index contributed by atoms with van der Waals surface area (Å²) in [5.74, 6) is -1.00. The standard InChI is InChI=1S/C14H12N2O4/c17-7-8-1-2-9-6-16(14(20)10(9)5-8)11-3-4-12(18)15-13(11)19/h1-2,5,7,11H,3-4,6H2,(H,15,18,19). The lowest BCUT2D eigenvalue weighted by molar-refractivity contribution is -0.136. The zero-order valence-electron chi connectivity index (χ0n) is 10.6. The molecule has 3 rings (SSSR count). The molecule has 1 atom stereocenters. The summed E-state index contributed by atoms with van der Waals surface area (Å²) in [6, 6.07) is 4.29. The Morgan fingerprint density at radius 1 is 1.25 bits per heavy atom. The zero-order chi connectivity index (χ0) is 14.3. The molecule has 2 aliphatic heterocycles. The maximum Gasteiger partial charge on any atom is 0.255 e. The molecule has 1 aromatic carbocycles. The average molecular weight is 272 g/mol. The van der Waals surface area contributed by atoms with E-state index in [0.717, 1.165) is 5.56 Å². The van der Waals surface area contributed by atoms with Gasteiger partial charge in [-0.2, -0.15) is 0 Å². The van der Waals surface area contributed by atoms with Gasteiger partial charge in [0, 0.05) is 24.1 Å². The van der Waals surface area contributed by atoms with Crippen LogP contribution in [0.5, 0.6) is 0 Å². The van der Waals surface area contributed by atoms with E-state index in [9.17, 15) is 19.2 Å². The maximum atomic E-state index is 12.3. The Bertz CT molecular complexity index is 638. The Labute approximate surface area is 114 Å². The molecule has 0 bridgehead atoms. The number of imide groups is 1. The summed E-state index contributed by atoms with van der Waals surface area (Å²) in [7, 11) is 0. The summed E-state index contributed by atoms with van der Waals surface area (Å²) in [5.41, 5.74) is 1.69. The highest BCUT2D eigenvalue weighted by atomic mass is 16.2. The SMILES string of the molecule is O=Cc1ccc2c(c1)C(=O)N(C1CCC(=O)NC1=O)C2. The van der Waals surface area contributed by atoms with Crippen molar-refractivity contribution in [2.45, 2.75) is 25.4 Å². The van der Waals surface area contributed by atoms with Crippen LogP contribution in [0.25, 0.3) is 0 Å². The summed E-state index contributed by atoms with van der Waals surface area (Å²) in [5, 5.41) is 2.25. The number of hydrogen-bond acceptors (Lipinski definition) is 4. The minimum absolute atomic E-state index is 0.232. The minimum Gasteiger partial charge on any atom is -0.322 e. The van der Waals surface area contributed by atoms with Crippen LogP contribution in [0.15, 0.2) is 18.2 Å². The third kappa shape index (κ3) is 1.89. The van der Waals surface area contributed by atoms with Crippen LogP contribution < -0.4 is 5.32 Å². The number of hydrogen-bond donors (Lipinski definition) is 1. The summed E-state index contributed by atoms with van der Waals surface area (Å²) < 4.78 is 0. The highest BCUT2D eigenvalue weighted by molar-refractivity contribution is 6.05. The number of nitrogens with zero attached hydrogens (tertiary/aromatic N) is 1. The van der Waals surface area contributed by atoms with Crippen molar-refractivity contribution in [3.8, 4) is 0 Å². The lowest BCUT2D eigenvalue weighted by atomic mass is 10.0. The molecule has 1 fully saturated rings. The van der Waals surface area contributed by atoms with Crippen LogP contribution >= 0.6 is 0 Å². The largest absolute Gasteiger partial charge is 0.322 e. The molecule has 0 spiro atoms. The van der Waals surface area contributed by atoms with E-state index in [0.29, 0.717) is 30.4 Å². The molecular formula is C14H12N2O4. The molecule has 0 aliphatic carbocycles. The van der Waals surface area contributed by atoms with Crippen LogP contribution in [0, 0.1) is 0 Å². The van der Waals surface area contributed by atoms with E-state index >= 15 is 0 Å². The fourth-order valence-electron chi connectivity index (χ4n) is 2.65. The molecule has 1 saturated heterocycles. The lowest BCUT2D eigenvalue weighted by Crippen LogP contribution is -2.52. The van der Waals surface area contributed by atoms with Gasteiger partial charge in [-0.05, 0) is 18.1 Å². The molecule has 3 amide bonds. The molecule has 20 heavy (non-hydrogen) atoms. The normalized spacial score (nSPS) is 21.7. The van der Waals surface area contributed by atoms with Crippen LogP contribution in [-0.2, 0) is 16.1 Å². The number of fused-ring (bicyclic) bond motifs is 1. The van der Waals surface area contributed by atoms with Gasteiger partial charge in [-0.1, -0.05) is 12.1 Å². The Balaban J connectivity index is 1.88. The summed E-state index contributed by atoms with van der Waals surface area (Å²) in [6.07, 6.45) is 1.25. The van der Waals surface area contributed by atoms with E-state index in [1.165, 1.54) is 11.0 Å². The minimum atomic E-state index is -0.618. The first-order valence-electron chi connectivity index (χ1n) is 6.33. The highest BCUT2D eigenvalue weighted by Crippen LogP contribution is 2.27. The number of amides is 3. The summed E-state index contributed by atoms with van der Waals surface area (Å²) >= 11 is 0. The van der Waals surface area contributed by atoms with Gasteiger partial charge in [0.05, 0.1) is 0 Å². The van der Waals surface area contributed by atoms with Gasteiger partial charge >= 0.3 is 0 Å². The van der Waals surface area contributed by atoms with E-state index in [2.05, 4.69) is 5.32 Å². The Hall–Kier alpha value is -2.50. The van der Waals surface area contributed by atoms with Gasteiger partial charge in [-0.15, -0.1) is 0 Å². The lowest BCUT2D eigenvalue weighted by Gasteiger charge is -2.29. The van der Waals surface area contributed by atoms with Gasteiger partial charge in [0.1, 0.15) is 12.3 Å². The van der Waals surface area contributed by atoms with Crippen molar-refractivity contribution >= 4 is 24.0 Å². The second-order valence-electron chi connectivity index (χ2n) is 4.93. The topological polar surface area (TPSA) is 83.6 Å². The van der Waals surface area contributed by atoms with Crippen LogP contribution in [0.2, 0.25) is 0 Å². The zero-order valence-corrected chi connectivity index (χ0v) is 10.6. The van der Waals surface area contributed by atoms with Gasteiger partial charge < -0.3 is 4.90 Å². The number of rotatable bonds is 2. The predicted octanol–water partition coefficient (Wildman–Crippen LogP) is 0.260. The van der Waals surface area contributed by atoms with Crippen molar-refractivity contribution in [2.24, 2.45) is 0 Å². The highest BCUT2D eigenvalue weighted by Gasteiger charge is 2.38. The van der Waals surface area contributed by atoms with E-state index in [4.69, 9.17) is 0 Å². The number of carbonyl (C=O) groups excluding carboxylic acids is 4. The van der Waals surface area contributed by atoms with Crippen LogP contribution in [-0.4, -0.2) is 34.9 Å². The summed E-state index contributed by atoms with van der Waals surface area (Å²) in [4.78, 5) is 47.5. The third-order valence-electron chi connectivity index (χ3n) is 3.69. The van der Waals surface area contributed by atoms with Crippen molar-refractivity contribution in [1.29, 1.82) is 0 Å². The summed E-state index contributed by atoms with van der Waals surface area (Å²) in [6.45, 7) is 0.333. The van der Waals surface area contributed by atoms with Crippen LogP contribution in [0.1, 0.15) is 39.1 Å². The van der Waals surface area contributed by atoms with Gasteiger partial charge in [0.2, 0.25) is 11.8 Å². The van der Waals surface area contributed by atoms with Gasteiger partial charge in [0.25, 0.3) is 5.91 Å². The number of aldehydes is 1. The fourth-order valence-corrected chi connectivity index (χ4v) is 2.65. The molecule has 1 N–H and O–H groups in total. The number of piperidine rings is 1. The quantitative estimate of drug-likeness (QED) is 0.618. The van der Waals surface area contributed by atoms with E-state index in [-0.39, 0.29) is 18.2 Å². The molecule has 0 saturated carbocycles. The first-order valence-corrected chi connectivity index (χ1v) is 6.33. The molecule has 1 unspecified atom stereocenters. The maximum absolute atomic E-state index is 12.3. The fraction of sp³-hybridized carbons (Fsp3) is 0.286. The van der Waals surface area contributed by atoms with Crippen molar-refractivity contribution < 1.29 is 19.2 Å². The van der Waals surface area contributed by atoms with Crippen LogP contribution in [0.4, 0.5) is 0 Å². The Morgan fingerprint density at radius 2 is 2.05 bits per heavy atom. The number of nitrogens with one attached hydrogen (secondary N) is 1. The monoisotopic (exact) mass is 272 g/mol. The van der Waals surface area contributed by atoms with Crippen molar-refractivity contribution in [1.82, 2.24) is 10.2 Å². The molecule has 6 nitrogen and oxygen atoms in total. The molecule has 0 aromatic heterocycles. The van der Waals surface area contributed by atoms with Crippen LogP contribution in [0.3, 0.4) is 0 Å². The van der Waals surface area contributed by atoms with E-state index < -0.39 is 11.9 Å². The first-order chi connectivity index (χ1) is 9.60. The molecule has 0 radical (unpaired) electrons. The first kappa shape index (κ1) is 12.5. The van der Waals surface area contributed by atoms with Gasteiger partial charge in [0.15, 0.2) is 0 Å². The number of benzene rings is 1. The molecule has 2 aliphatic rings.